The van der Waals surface area contributed by atoms with Crippen LogP contribution in [0, 0.1) is 5.82 Å². The summed E-state index contributed by atoms with van der Waals surface area (Å²) in [5, 5.41) is 0. The summed E-state index contributed by atoms with van der Waals surface area (Å²) in [7, 11) is 3.50. The zero-order valence-corrected chi connectivity index (χ0v) is 18.3. The van der Waals surface area contributed by atoms with E-state index >= 15 is 0 Å². The lowest BCUT2D eigenvalue weighted by Crippen LogP contribution is -2.58. The first kappa shape index (κ1) is 21.5. The van der Waals surface area contributed by atoms with Gasteiger partial charge in [-0.2, -0.15) is 0 Å². The lowest BCUT2D eigenvalue weighted by atomic mass is 9.73. The molecule has 4 rings (SSSR count). The molecule has 1 aromatic heterocycles. The Kier molecular flexibility index (Phi) is 5.82. The van der Waals surface area contributed by atoms with Crippen LogP contribution in [0.5, 0.6) is 0 Å². The molecule has 6 heteroatoms. The predicted molar refractivity (Wildman–Crippen MR) is 117 cm³/mol. The van der Waals surface area contributed by atoms with Gasteiger partial charge in [0, 0.05) is 33.4 Å². The highest BCUT2D eigenvalue weighted by Gasteiger charge is 2.51. The van der Waals surface area contributed by atoms with Gasteiger partial charge in [-0.25, -0.2) is 4.39 Å². The van der Waals surface area contributed by atoms with Crippen molar-refractivity contribution in [3.05, 3.63) is 65.7 Å². The minimum absolute atomic E-state index is 0.0159. The van der Waals surface area contributed by atoms with E-state index in [1.807, 2.05) is 29.2 Å². The molecule has 2 fully saturated rings. The Bertz CT molecular complexity index is 956. The number of hydrogen-bond donors (Lipinski definition) is 0. The van der Waals surface area contributed by atoms with E-state index in [0.717, 1.165) is 24.8 Å². The molecule has 2 heterocycles. The Morgan fingerprint density at radius 3 is 2.39 bits per heavy atom. The fourth-order valence-electron chi connectivity index (χ4n) is 5.49. The van der Waals surface area contributed by atoms with Gasteiger partial charge in [-0.1, -0.05) is 31.0 Å². The van der Waals surface area contributed by atoms with Gasteiger partial charge < -0.3 is 9.80 Å². The minimum atomic E-state index is -0.861. The van der Waals surface area contributed by atoms with Crippen molar-refractivity contribution in [1.29, 1.82) is 0 Å². The second kappa shape index (κ2) is 8.40. The molecule has 0 N–H and O–H groups in total. The number of aromatic nitrogens is 1. The van der Waals surface area contributed by atoms with E-state index in [2.05, 4.69) is 4.98 Å². The summed E-state index contributed by atoms with van der Waals surface area (Å²) in [5.74, 6) is -0.335. The van der Waals surface area contributed by atoms with E-state index in [1.165, 1.54) is 12.1 Å². The van der Waals surface area contributed by atoms with Gasteiger partial charge in [0.25, 0.3) is 0 Å². The van der Waals surface area contributed by atoms with Crippen LogP contribution in [0.1, 0.15) is 49.8 Å². The molecule has 1 aromatic carbocycles. The number of hydrogen-bond acceptors (Lipinski definition) is 3. The molecule has 0 spiro atoms. The number of likely N-dealkylation sites (N-methyl/N-ethyl adjacent to an activating group) is 1. The van der Waals surface area contributed by atoms with Gasteiger partial charge >= 0.3 is 0 Å². The van der Waals surface area contributed by atoms with Crippen LogP contribution >= 0.6 is 0 Å². The molecule has 1 saturated heterocycles. The average molecular weight is 424 g/mol. The second-order valence-electron chi connectivity index (χ2n) is 9.13. The smallest absolute Gasteiger partial charge is 0.236 e. The average Bonchev–Trinajstić information content (AvgIpc) is 3.30. The molecule has 1 saturated carbocycles. The summed E-state index contributed by atoms with van der Waals surface area (Å²) >= 11 is 0. The van der Waals surface area contributed by atoms with Gasteiger partial charge in [-0.15, -0.1) is 0 Å². The molecule has 5 nitrogen and oxygen atoms in total. The lowest BCUT2D eigenvalue weighted by molar-refractivity contribution is -0.145. The fraction of sp³-hybridized carbons (Fsp3) is 0.480. The van der Waals surface area contributed by atoms with Crippen molar-refractivity contribution in [2.75, 3.05) is 27.2 Å². The molecule has 1 aliphatic heterocycles. The highest BCUT2D eigenvalue weighted by Crippen LogP contribution is 2.44. The van der Waals surface area contributed by atoms with Crippen LogP contribution in [-0.4, -0.2) is 53.8 Å². The van der Waals surface area contributed by atoms with Gasteiger partial charge in [0.15, 0.2) is 0 Å². The SMILES string of the molecule is CN(C)C(=O)[C@]1(c2ccccn2)CCCN(C(=O)C2(c3cccc(F)c3)CCCC2)C1. The summed E-state index contributed by atoms with van der Waals surface area (Å²) in [5.41, 5.74) is -0.114. The number of amides is 2. The third-order valence-corrected chi connectivity index (χ3v) is 6.99. The number of benzene rings is 1. The zero-order valence-electron chi connectivity index (χ0n) is 18.3. The van der Waals surface area contributed by atoms with Crippen molar-refractivity contribution in [3.63, 3.8) is 0 Å². The molecule has 164 valence electrons. The number of carbonyl (C=O) groups excluding carboxylic acids is 2. The molecule has 0 radical (unpaired) electrons. The lowest BCUT2D eigenvalue weighted by Gasteiger charge is -2.45. The molecule has 0 bridgehead atoms. The molecule has 2 aliphatic rings. The Morgan fingerprint density at radius 2 is 1.74 bits per heavy atom. The Balaban J connectivity index is 1.72. The maximum absolute atomic E-state index is 14.1. The molecule has 2 amide bonds. The van der Waals surface area contributed by atoms with Crippen LogP contribution in [0.25, 0.3) is 0 Å². The van der Waals surface area contributed by atoms with Crippen LogP contribution < -0.4 is 0 Å². The molecular formula is C25H30FN3O2. The first-order chi connectivity index (χ1) is 14.9. The molecule has 1 aliphatic carbocycles. The fourth-order valence-corrected chi connectivity index (χ4v) is 5.49. The maximum Gasteiger partial charge on any atom is 0.236 e. The van der Waals surface area contributed by atoms with E-state index in [4.69, 9.17) is 0 Å². The molecule has 2 aromatic rings. The summed E-state index contributed by atoms with van der Waals surface area (Å²) in [4.78, 5) is 35.4. The third kappa shape index (κ3) is 3.73. The van der Waals surface area contributed by atoms with Crippen LogP contribution in [0.3, 0.4) is 0 Å². The van der Waals surface area contributed by atoms with E-state index in [9.17, 15) is 14.0 Å². The normalized spacial score (nSPS) is 22.9. The number of halogens is 1. The summed E-state index contributed by atoms with van der Waals surface area (Å²) in [6.45, 7) is 0.905. The molecule has 0 unspecified atom stereocenters. The van der Waals surface area contributed by atoms with Crippen LogP contribution in [0.4, 0.5) is 4.39 Å². The quantitative estimate of drug-likeness (QED) is 0.754. The predicted octanol–water partition coefficient (Wildman–Crippen LogP) is 3.68. The summed E-state index contributed by atoms with van der Waals surface area (Å²) in [6.07, 6.45) is 6.38. The van der Waals surface area contributed by atoms with Gasteiger partial charge in [-0.3, -0.25) is 14.6 Å². The second-order valence-corrected chi connectivity index (χ2v) is 9.13. The monoisotopic (exact) mass is 423 g/mol. The van der Waals surface area contributed by atoms with Crippen molar-refractivity contribution in [2.45, 2.75) is 49.4 Å². The molecule has 31 heavy (non-hydrogen) atoms. The van der Waals surface area contributed by atoms with E-state index < -0.39 is 10.8 Å². The first-order valence-electron chi connectivity index (χ1n) is 11.1. The largest absolute Gasteiger partial charge is 0.348 e. The number of pyridine rings is 1. The van der Waals surface area contributed by atoms with Crippen LogP contribution in [-0.2, 0) is 20.4 Å². The molecular weight excluding hydrogens is 393 g/mol. The Labute approximate surface area is 183 Å². The first-order valence-corrected chi connectivity index (χ1v) is 11.1. The van der Waals surface area contributed by atoms with Crippen molar-refractivity contribution in [1.82, 2.24) is 14.8 Å². The van der Waals surface area contributed by atoms with Crippen LogP contribution in [0.2, 0.25) is 0 Å². The van der Waals surface area contributed by atoms with E-state index in [-0.39, 0.29) is 17.6 Å². The van der Waals surface area contributed by atoms with Crippen LogP contribution in [0.15, 0.2) is 48.7 Å². The number of likely N-dealkylation sites (tertiary alicyclic amines) is 1. The zero-order chi connectivity index (χ0) is 22.1. The van der Waals surface area contributed by atoms with Gasteiger partial charge in [0.1, 0.15) is 11.2 Å². The standard InChI is InChI=1S/C25H30FN3O2/c1-28(2)22(30)25(21-11-3-6-15-27-21)14-8-16-29(18-25)23(31)24(12-4-5-13-24)19-9-7-10-20(26)17-19/h3,6-7,9-11,15,17H,4-5,8,12-14,16,18H2,1-2H3/t25-/m1/s1. The number of nitrogens with zero attached hydrogens (tertiary/aromatic N) is 3. The Morgan fingerprint density at radius 1 is 1.00 bits per heavy atom. The summed E-state index contributed by atoms with van der Waals surface area (Å²) < 4.78 is 14.1. The maximum atomic E-state index is 14.1. The summed E-state index contributed by atoms with van der Waals surface area (Å²) in [6, 6.07) is 12.1. The van der Waals surface area contributed by atoms with Crippen molar-refractivity contribution >= 4 is 11.8 Å². The highest BCUT2D eigenvalue weighted by molar-refractivity contribution is 5.92. The van der Waals surface area contributed by atoms with Crippen molar-refractivity contribution in [3.8, 4) is 0 Å². The van der Waals surface area contributed by atoms with Crippen molar-refractivity contribution < 1.29 is 14.0 Å². The van der Waals surface area contributed by atoms with E-state index in [0.29, 0.717) is 38.0 Å². The minimum Gasteiger partial charge on any atom is -0.348 e. The number of piperidine rings is 1. The van der Waals surface area contributed by atoms with E-state index in [1.54, 1.807) is 31.3 Å². The van der Waals surface area contributed by atoms with Crippen molar-refractivity contribution in [2.24, 2.45) is 0 Å². The topological polar surface area (TPSA) is 53.5 Å². The Hall–Kier alpha value is -2.76. The van der Waals surface area contributed by atoms with Gasteiger partial charge in [-0.05, 0) is 55.5 Å². The van der Waals surface area contributed by atoms with Gasteiger partial charge in [0.2, 0.25) is 11.8 Å². The molecule has 1 atom stereocenters. The number of rotatable bonds is 4. The third-order valence-electron chi connectivity index (χ3n) is 6.99. The van der Waals surface area contributed by atoms with Gasteiger partial charge in [0.05, 0.1) is 11.1 Å². The highest BCUT2D eigenvalue weighted by atomic mass is 19.1. The number of carbonyl (C=O) groups is 2.